The average Bonchev–Trinajstić information content (AvgIpc) is 3.30. The van der Waals surface area contributed by atoms with Gasteiger partial charge in [-0.05, 0) is 38.6 Å². The zero-order valence-corrected chi connectivity index (χ0v) is 21.1. The van der Waals surface area contributed by atoms with Crippen molar-refractivity contribution in [1.29, 1.82) is 0 Å². The standard InChI is InChI=1S/C26H33N3O6/c1-7-28(8-2)13-14-29-22(17-11-9-10-12-18(17)34-5)20(24(31)25(29)32)23(30)19-15(3)21(26(33)35-6)27-16(19)4/h9-12,22,27,30H,7-8,13-14H2,1-6H3/b23-20-/t22-/m1/s1. The molecule has 0 unspecified atom stereocenters. The van der Waals surface area contributed by atoms with Gasteiger partial charge in [-0.3, -0.25) is 9.59 Å². The van der Waals surface area contributed by atoms with E-state index in [-0.39, 0.29) is 17.0 Å². The van der Waals surface area contributed by atoms with E-state index >= 15 is 0 Å². The average molecular weight is 484 g/mol. The number of esters is 1. The maximum Gasteiger partial charge on any atom is 0.354 e. The number of amides is 1. The van der Waals surface area contributed by atoms with E-state index in [1.54, 1.807) is 38.1 Å². The first-order chi connectivity index (χ1) is 16.7. The van der Waals surface area contributed by atoms with Crippen LogP contribution in [0.3, 0.4) is 0 Å². The number of ketones is 1. The van der Waals surface area contributed by atoms with Gasteiger partial charge in [0.2, 0.25) is 0 Å². The van der Waals surface area contributed by atoms with Crippen molar-refractivity contribution in [2.75, 3.05) is 40.4 Å². The number of ether oxygens (including phenoxy) is 2. The van der Waals surface area contributed by atoms with Gasteiger partial charge in [-0.1, -0.05) is 32.0 Å². The zero-order valence-electron chi connectivity index (χ0n) is 21.1. The quantitative estimate of drug-likeness (QED) is 0.244. The number of para-hydroxylation sites is 1. The molecule has 1 fully saturated rings. The number of methoxy groups -OCH3 is 2. The highest BCUT2D eigenvalue weighted by atomic mass is 16.5. The van der Waals surface area contributed by atoms with Gasteiger partial charge in [-0.15, -0.1) is 0 Å². The van der Waals surface area contributed by atoms with Gasteiger partial charge in [-0.2, -0.15) is 0 Å². The minimum atomic E-state index is -0.850. The number of rotatable bonds is 9. The predicted octanol–water partition coefficient (Wildman–Crippen LogP) is 3.19. The van der Waals surface area contributed by atoms with Crippen molar-refractivity contribution in [3.8, 4) is 5.75 Å². The number of hydrogen-bond donors (Lipinski definition) is 2. The Morgan fingerprint density at radius 2 is 1.80 bits per heavy atom. The molecule has 1 aliphatic heterocycles. The number of benzene rings is 1. The summed E-state index contributed by atoms with van der Waals surface area (Å²) >= 11 is 0. The SMILES string of the molecule is CCN(CC)CCN1C(=O)C(=O)/C(=C(\O)c2c(C)[nH]c(C(=O)OC)c2C)[C@H]1c1ccccc1OC. The molecule has 9 nitrogen and oxygen atoms in total. The normalized spacial score (nSPS) is 17.3. The highest BCUT2D eigenvalue weighted by molar-refractivity contribution is 6.46. The van der Waals surface area contributed by atoms with Crippen LogP contribution in [0.5, 0.6) is 5.75 Å². The molecule has 0 bridgehead atoms. The molecule has 0 spiro atoms. The number of aryl methyl sites for hydroxylation is 1. The Hall–Kier alpha value is -3.59. The third kappa shape index (κ3) is 4.68. The summed E-state index contributed by atoms with van der Waals surface area (Å²) in [5.41, 5.74) is 1.94. The van der Waals surface area contributed by atoms with E-state index in [4.69, 9.17) is 9.47 Å². The molecule has 3 rings (SSSR count). The first kappa shape index (κ1) is 26.0. The Morgan fingerprint density at radius 1 is 1.14 bits per heavy atom. The molecule has 0 radical (unpaired) electrons. The van der Waals surface area contributed by atoms with Crippen LogP contribution in [0.15, 0.2) is 29.8 Å². The molecule has 35 heavy (non-hydrogen) atoms. The van der Waals surface area contributed by atoms with Crippen LogP contribution in [0.1, 0.15) is 52.8 Å². The number of aliphatic hydroxyl groups excluding tert-OH is 1. The molecule has 1 aliphatic rings. The maximum absolute atomic E-state index is 13.4. The lowest BCUT2D eigenvalue weighted by atomic mass is 9.93. The summed E-state index contributed by atoms with van der Waals surface area (Å²) in [6, 6.07) is 6.28. The number of Topliss-reactive ketones (excluding diaryl/α,β-unsaturated/α-hetero) is 1. The van der Waals surface area contributed by atoms with Crippen molar-refractivity contribution in [2.24, 2.45) is 0 Å². The van der Waals surface area contributed by atoms with E-state index in [0.29, 0.717) is 41.2 Å². The largest absolute Gasteiger partial charge is 0.507 e. The van der Waals surface area contributed by atoms with Crippen LogP contribution >= 0.6 is 0 Å². The Labute approximate surface area is 205 Å². The number of carbonyl (C=O) groups excluding carboxylic acids is 3. The minimum Gasteiger partial charge on any atom is -0.507 e. The van der Waals surface area contributed by atoms with Crippen LogP contribution in [0.2, 0.25) is 0 Å². The van der Waals surface area contributed by atoms with Crippen molar-refractivity contribution in [3.05, 3.63) is 57.9 Å². The van der Waals surface area contributed by atoms with Crippen LogP contribution in [-0.4, -0.2) is 77.9 Å². The molecular weight excluding hydrogens is 450 g/mol. The third-order valence-electron chi connectivity index (χ3n) is 6.59. The van der Waals surface area contributed by atoms with Gasteiger partial charge >= 0.3 is 5.97 Å². The smallest absolute Gasteiger partial charge is 0.354 e. The predicted molar refractivity (Wildman–Crippen MR) is 131 cm³/mol. The first-order valence-corrected chi connectivity index (χ1v) is 11.6. The van der Waals surface area contributed by atoms with Gasteiger partial charge in [0.15, 0.2) is 0 Å². The van der Waals surface area contributed by atoms with Crippen molar-refractivity contribution in [1.82, 2.24) is 14.8 Å². The van der Waals surface area contributed by atoms with E-state index in [1.165, 1.54) is 19.1 Å². The summed E-state index contributed by atoms with van der Waals surface area (Å²) in [5.74, 6) is -1.90. The van der Waals surface area contributed by atoms with E-state index in [0.717, 1.165) is 13.1 Å². The van der Waals surface area contributed by atoms with Gasteiger partial charge in [0.1, 0.15) is 17.2 Å². The maximum atomic E-state index is 13.4. The van der Waals surface area contributed by atoms with Crippen molar-refractivity contribution in [3.63, 3.8) is 0 Å². The number of likely N-dealkylation sites (tertiary alicyclic amines) is 1. The number of carbonyl (C=O) groups is 3. The highest BCUT2D eigenvalue weighted by Crippen LogP contribution is 2.43. The molecule has 2 N–H and O–H groups in total. The summed E-state index contributed by atoms with van der Waals surface area (Å²) < 4.78 is 10.4. The number of H-pyrrole nitrogens is 1. The summed E-state index contributed by atoms with van der Waals surface area (Å²) in [7, 11) is 2.78. The molecular formula is C26H33N3O6. The molecule has 188 valence electrons. The van der Waals surface area contributed by atoms with Crippen molar-refractivity contribution < 1.29 is 29.0 Å². The van der Waals surface area contributed by atoms with Gasteiger partial charge < -0.3 is 29.4 Å². The first-order valence-electron chi connectivity index (χ1n) is 11.6. The van der Waals surface area contributed by atoms with E-state index < -0.39 is 23.7 Å². The number of hydrogen-bond acceptors (Lipinski definition) is 7. The van der Waals surface area contributed by atoms with Crippen LogP contribution in [0.25, 0.3) is 5.76 Å². The summed E-state index contributed by atoms with van der Waals surface area (Å²) in [4.78, 5) is 45.4. The van der Waals surface area contributed by atoms with E-state index in [9.17, 15) is 19.5 Å². The minimum absolute atomic E-state index is 0.0411. The monoisotopic (exact) mass is 483 g/mol. The Morgan fingerprint density at radius 3 is 2.40 bits per heavy atom. The number of nitrogens with one attached hydrogen (secondary N) is 1. The molecule has 1 aromatic carbocycles. The molecule has 1 atom stereocenters. The lowest BCUT2D eigenvalue weighted by Gasteiger charge is -2.29. The van der Waals surface area contributed by atoms with Crippen LogP contribution in [0, 0.1) is 13.8 Å². The van der Waals surface area contributed by atoms with Crippen molar-refractivity contribution in [2.45, 2.75) is 33.7 Å². The van der Waals surface area contributed by atoms with Gasteiger partial charge in [0.05, 0.1) is 25.8 Å². The van der Waals surface area contributed by atoms with Gasteiger partial charge in [-0.25, -0.2) is 4.79 Å². The lowest BCUT2D eigenvalue weighted by Crippen LogP contribution is -2.38. The number of likely N-dealkylation sites (N-methyl/N-ethyl adjacent to an activating group) is 1. The number of aromatic nitrogens is 1. The second kappa shape index (κ2) is 10.8. The Bertz CT molecular complexity index is 1160. The summed E-state index contributed by atoms with van der Waals surface area (Å²) in [6.07, 6.45) is 0. The molecule has 1 amide bonds. The fraction of sp³-hybridized carbons (Fsp3) is 0.423. The second-order valence-electron chi connectivity index (χ2n) is 8.38. The van der Waals surface area contributed by atoms with Crippen molar-refractivity contribution >= 4 is 23.4 Å². The van der Waals surface area contributed by atoms with Gasteiger partial charge in [0, 0.05) is 29.9 Å². The molecule has 2 heterocycles. The van der Waals surface area contributed by atoms with Crippen LogP contribution in [-0.2, 0) is 14.3 Å². The second-order valence-corrected chi connectivity index (χ2v) is 8.38. The fourth-order valence-corrected chi connectivity index (χ4v) is 4.66. The molecule has 9 heteroatoms. The zero-order chi connectivity index (χ0) is 25.9. The molecule has 0 saturated carbocycles. The molecule has 1 saturated heterocycles. The number of nitrogens with zero attached hydrogens (tertiary/aromatic N) is 2. The number of aromatic amines is 1. The van der Waals surface area contributed by atoms with E-state index in [1.807, 2.05) is 13.8 Å². The lowest BCUT2D eigenvalue weighted by molar-refractivity contribution is -0.140. The number of aliphatic hydroxyl groups is 1. The highest BCUT2D eigenvalue weighted by Gasteiger charge is 2.47. The molecule has 0 aliphatic carbocycles. The third-order valence-corrected chi connectivity index (χ3v) is 6.59. The summed E-state index contributed by atoms with van der Waals surface area (Å²) in [5, 5.41) is 11.5. The van der Waals surface area contributed by atoms with E-state index in [2.05, 4.69) is 9.88 Å². The van der Waals surface area contributed by atoms with Gasteiger partial charge in [0.25, 0.3) is 11.7 Å². The topological polar surface area (TPSA) is 112 Å². The Kier molecular flexibility index (Phi) is 8.01. The molecule has 1 aromatic heterocycles. The fourth-order valence-electron chi connectivity index (χ4n) is 4.66. The summed E-state index contributed by atoms with van der Waals surface area (Å²) in [6.45, 7) is 9.88. The van der Waals surface area contributed by atoms with Crippen LogP contribution < -0.4 is 4.74 Å². The Balaban J connectivity index is 2.23. The molecule has 2 aromatic rings. The van der Waals surface area contributed by atoms with Crippen LogP contribution in [0.4, 0.5) is 0 Å².